The Balaban J connectivity index is 2.53. The van der Waals surface area contributed by atoms with Gasteiger partial charge in [-0.25, -0.2) is 8.78 Å². The molecular formula is C12H15F2NO2. The Kier molecular flexibility index (Phi) is 5.03. The van der Waals surface area contributed by atoms with Gasteiger partial charge in [-0.05, 0) is 24.0 Å². The number of alkyl halides is 2. The van der Waals surface area contributed by atoms with Crippen molar-refractivity contribution in [2.75, 3.05) is 0 Å². The molecule has 5 heteroatoms. The third kappa shape index (κ3) is 4.91. The number of benzene rings is 1. The molecule has 94 valence electrons. The molecule has 1 aromatic carbocycles. The van der Waals surface area contributed by atoms with Gasteiger partial charge in [-0.15, -0.1) is 0 Å². The van der Waals surface area contributed by atoms with Crippen LogP contribution < -0.4 is 5.73 Å². The van der Waals surface area contributed by atoms with E-state index < -0.39 is 18.4 Å². The van der Waals surface area contributed by atoms with Crippen LogP contribution in [0.15, 0.2) is 24.3 Å². The summed E-state index contributed by atoms with van der Waals surface area (Å²) in [7, 11) is 0. The summed E-state index contributed by atoms with van der Waals surface area (Å²) in [5, 5.41) is 8.63. The zero-order valence-corrected chi connectivity index (χ0v) is 9.27. The van der Waals surface area contributed by atoms with Crippen molar-refractivity contribution in [2.45, 2.75) is 31.7 Å². The first-order chi connectivity index (χ1) is 7.99. The first-order valence-electron chi connectivity index (χ1n) is 5.33. The van der Waals surface area contributed by atoms with E-state index in [0.717, 1.165) is 11.1 Å². The molecule has 0 saturated carbocycles. The zero-order valence-electron chi connectivity index (χ0n) is 9.27. The number of hydrogen-bond acceptors (Lipinski definition) is 2. The molecule has 1 rings (SSSR count). The predicted molar refractivity (Wildman–Crippen MR) is 60.1 cm³/mol. The van der Waals surface area contributed by atoms with Gasteiger partial charge in [0.2, 0.25) is 6.43 Å². The molecule has 1 atom stereocenters. The van der Waals surface area contributed by atoms with Crippen LogP contribution in [-0.2, 0) is 17.6 Å². The van der Waals surface area contributed by atoms with E-state index in [1.807, 2.05) is 0 Å². The SMILES string of the molecule is NC(Cc1ccc(CCC(F)F)cc1)C(=O)O. The maximum atomic E-state index is 12.0. The highest BCUT2D eigenvalue weighted by atomic mass is 19.3. The van der Waals surface area contributed by atoms with Crippen LogP contribution in [0.3, 0.4) is 0 Å². The number of nitrogens with two attached hydrogens (primary N) is 1. The molecule has 3 N–H and O–H groups in total. The number of aryl methyl sites for hydroxylation is 1. The van der Waals surface area contributed by atoms with Crippen molar-refractivity contribution in [3.8, 4) is 0 Å². The molecule has 0 saturated heterocycles. The van der Waals surface area contributed by atoms with Crippen LogP contribution in [0.1, 0.15) is 17.5 Å². The molecule has 3 nitrogen and oxygen atoms in total. The average Bonchev–Trinajstić information content (AvgIpc) is 2.28. The van der Waals surface area contributed by atoms with Crippen molar-refractivity contribution in [1.82, 2.24) is 0 Å². The lowest BCUT2D eigenvalue weighted by molar-refractivity contribution is -0.138. The van der Waals surface area contributed by atoms with Crippen molar-refractivity contribution in [1.29, 1.82) is 0 Å². The van der Waals surface area contributed by atoms with Crippen LogP contribution in [0.4, 0.5) is 8.78 Å². The largest absolute Gasteiger partial charge is 0.480 e. The fraction of sp³-hybridized carbons (Fsp3) is 0.417. The topological polar surface area (TPSA) is 63.3 Å². The van der Waals surface area contributed by atoms with Gasteiger partial charge >= 0.3 is 5.97 Å². The Morgan fingerprint density at radius 2 is 1.76 bits per heavy atom. The van der Waals surface area contributed by atoms with Crippen LogP contribution in [0.25, 0.3) is 0 Å². The maximum absolute atomic E-state index is 12.0. The third-order valence-electron chi connectivity index (χ3n) is 2.45. The molecule has 0 fully saturated rings. The first kappa shape index (κ1) is 13.6. The highest BCUT2D eigenvalue weighted by molar-refractivity contribution is 5.73. The number of aliphatic carboxylic acids is 1. The third-order valence-corrected chi connectivity index (χ3v) is 2.45. The van der Waals surface area contributed by atoms with Gasteiger partial charge in [0, 0.05) is 6.42 Å². The molecule has 0 spiro atoms. The Bertz CT molecular complexity index is 365. The predicted octanol–water partition coefficient (Wildman–Crippen LogP) is 1.84. The Hall–Kier alpha value is -1.49. The van der Waals surface area contributed by atoms with Gasteiger partial charge in [0.05, 0.1) is 0 Å². The average molecular weight is 243 g/mol. The van der Waals surface area contributed by atoms with Gasteiger partial charge in [0.25, 0.3) is 0 Å². The molecule has 0 aromatic heterocycles. The lowest BCUT2D eigenvalue weighted by atomic mass is 10.0. The van der Waals surface area contributed by atoms with Crippen molar-refractivity contribution in [3.05, 3.63) is 35.4 Å². The highest BCUT2D eigenvalue weighted by Gasteiger charge is 2.11. The fourth-order valence-corrected chi connectivity index (χ4v) is 1.46. The summed E-state index contributed by atoms with van der Waals surface area (Å²) >= 11 is 0. The second-order valence-electron chi connectivity index (χ2n) is 3.90. The van der Waals surface area contributed by atoms with Crippen LogP contribution in [0, 0.1) is 0 Å². The summed E-state index contributed by atoms with van der Waals surface area (Å²) in [5.41, 5.74) is 7.00. The second kappa shape index (κ2) is 6.30. The zero-order chi connectivity index (χ0) is 12.8. The molecule has 0 aliphatic carbocycles. The quantitative estimate of drug-likeness (QED) is 0.801. The summed E-state index contributed by atoms with van der Waals surface area (Å²) in [4.78, 5) is 10.5. The van der Waals surface area contributed by atoms with E-state index in [9.17, 15) is 13.6 Å². The fourth-order valence-electron chi connectivity index (χ4n) is 1.46. The molecular weight excluding hydrogens is 228 g/mol. The van der Waals surface area contributed by atoms with E-state index in [1.54, 1.807) is 24.3 Å². The monoisotopic (exact) mass is 243 g/mol. The molecule has 0 aliphatic rings. The number of halogens is 2. The van der Waals surface area contributed by atoms with Crippen molar-refractivity contribution >= 4 is 5.97 Å². The van der Waals surface area contributed by atoms with Crippen molar-refractivity contribution in [2.24, 2.45) is 5.73 Å². The number of hydrogen-bond donors (Lipinski definition) is 2. The standard InChI is InChI=1S/C12H15F2NO2/c13-11(14)6-5-8-1-3-9(4-2-8)7-10(15)12(16)17/h1-4,10-11H,5-7,15H2,(H,16,17). The minimum atomic E-state index is -2.30. The van der Waals surface area contributed by atoms with E-state index >= 15 is 0 Å². The van der Waals surface area contributed by atoms with E-state index in [1.165, 1.54) is 0 Å². The maximum Gasteiger partial charge on any atom is 0.320 e. The van der Waals surface area contributed by atoms with Gasteiger partial charge in [0.1, 0.15) is 6.04 Å². The molecule has 0 heterocycles. The Morgan fingerprint density at radius 3 is 2.24 bits per heavy atom. The normalized spacial score (nSPS) is 12.7. The molecule has 0 amide bonds. The Morgan fingerprint density at radius 1 is 1.24 bits per heavy atom. The minimum Gasteiger partial charge on any atom is -0.480 e. The number of rotatable bonds is 6. The van der Waals surface area contributed by atoms with E-state index in [4.69, 9.17) is 10.8 Å². The molecule has 0 aliphatic heterocycles. The number of carboxylic acids is 1. The molecule has 0 bridgehead atoms. The second-order valence-corrected chi connectivity index (χ2v) is 3.90. The van der Waals surface area contributed by atoms with Crippen LogP contribution in [0.5, 0.6) is 0 Å². The summed E-state index contributed by atoms with van der Waals surface area (Å²) in [5.74, 6) is -1.05. The minimum absolute atomic E-state index is 0.159. The van der Waals surface area contributed by atoms with Crippen LogP contribution in [0.2, 0.25) is 0 Å². The number of carbonyl (C=O) groups is 1. The summed E-state index contributed by atoms with van der Waals surface area (Å²) in [6, 6.07) is 5.98. The Labute approximate surface area is 98.2 Å². The van der Waals surface area contributed by atoms with Gasteiger partial charge < -0.3 is 10.8 Å². The van der Waals surface area contributed by atoms with E-state index in [0.29, 0.717) is 6.42 Å². The lowest BCUT2D eigenvalue weighted by Gasteiger charge is -2.07. The number of carboxylic acid groups (broad SMARTS) is 1. The van der Waals surface area contributed by atoms with Crippen LogP contribution in [-0.4, -0.2) is 23.5 Å². The molecule has 1 unspecified atom stereocenters. The van der Waals surface area contributed by atoms with E-state index in [-0.39, 0.29) is 12.8 Å². The van der Waals surface area contributed by atoms with Gasteiger partial charge in [-0.1, -0.05) is 24.3 Å². The summed E-state index contributed by atoms with van der Waals surface area (Å²) < 4.78 is 24.0. The lowest BCUT2D eigenvalue weighted by Crippen LogP contribution is -2.32. The summed E-state index contributed by atoms with van der Waals surface area (Å²) in [6.07, 6.45) is -1.89. The molecule has 1 aromatic rings. The van der Waals surface area contributed by atoms with Crippen molar-refractivity contribution in [3.63, 3.8) is 0 Å². The van der Waals surface area contributed by atoms with Crippen molar-refractivity contribution < 1.29 is 18.7 Å². The van der Waals surface area contributed by atoms with Gasteiger partial charge in [-0.3, -0.25) is 4.79 Å². The highest BCUT2D eigenvalue weighted by Crippen LogP contribution is 2.11. The van der Waals surface area contributed by atoms with Gasteiger partial charge in [0.15, 0.2) is 0 Å². The summed E-state index contributed by atoms with van der Waals surface area (Å²) in [6.45, 7) is 0. The smallest absolute Gasteiger partial charge is 0.320 e. The van der Waals surface area contributed by atoms with Crippen LogP contribution >= 0.6 is 0 Å². The molecule has 0 radical (unpaired) electrons. The van der Waals surface area contributed by atoms with Gasteiger partial charge in [-0.2, -0.15) is 0 Å². The van der Waals surface area contributed by atoms with E-state index in [2.05, 4.69) is 0 Å². The molecule has 17 heavy (non-hydrogen) atoms. The first-order valence-corrected chi connectivity index (χ1v) is 5.33.